The molecule has 0 saturated carbocycles. The van der Waals surface area contributed by atoms with E-state index in [9.17, 15) is 4.79 Å². The number of carboxylic acid groups (broad SMARTS) is 1. The highest BCUT2D eigenvalue weighted by molar-refractivity contribution is 5.88. The first-order chi connectivity index (χ1) is 10.1. The van der Waals surface area contributed by atoms with E-state index in [0.29, 0.717) is 12.1 Å². The van der Waals surface area contributed by atoms with Crippen molar-refractivity contribution in [3.63, 3.8) is 0 Å². The lowest BCUT2D eigenvalue weighted by molar-refractivity contribution is 0.00344. The molecule has 0 aromatic heterocycles. The number of hydrogen-bond donors (Lipinski definition) is 1. The molecule has 5 nitrogen and oxygen atoms in total. The average Bonchev–Trinajstić information content (AvgIpc) is 2.48. The minimum atomic E-state index is -0.912. The molecule has 1 aliphatic heterocycles. The van der Waals surface area contributed by atoms with Crippen LogP contribution in [-0.4, -0.2) is 48.9 Å². The first-order valence-corrected chi connectivity index (χ1v) is 7.38. The van der Waals surface area contributed by atoms with Gasteiger partial charge in [0.2, 0.25) is 0 Å². The molecule has 2 rings (SSSR count). The third kappa shape index (κ3) is 4.19. The molecular weight excluding hydrogens is 270 g/mol. The van der Waals surface area contributed by atoms with Crippen LogP contribution in [-0.2, 0) is 11.3 Å². The van der Waals surface area contributed by atoms with E-state index in [-0.39, 0.29) is 6.10 Å². The third-order valence-corrected chi connectivity index (χ3v) is 3.79. The summed E-state index contributed by atoms with van der Waals surface area (Å²) in [6, 6.07) is 5.00. The molecule has 0 spiro atoms. The maximum atomic E-state index is 11.1. The lowest BCUT2D eigenvalue weighted by Gasteiger charge is -2.32. The quantitative estimate of drug-likeness (QED) is 0.872. The largest absolute Gasteiger partial charge is 0.496 e. The predicted molar refractivity (Wildman–Crippen MR) is 79.9 cm³/mol. The van der Waals surface area contributed by atoms with E-state index in [4.69, 9.17) is 14.6 Å². The van der Waals surface area contributed by atoms with Crippen molar-refractivity contribution in [3.8, 4) is 5.75 Å². The molecule has 1 aliphatic rings. The number of likely N-dealkylation sites (tertiary alicyclic amines) is 1. The summed E-state index contributed by atoms with van der Waals surface area (Å²) in [7, 11) is 1.61. The van der Waals surface area contributed by atoms with Gasteiger partial charge in [0.1, 0.15) is 5.75 Å². The molecule has 1 atom stereocenters. The summed E-state index contributed by atoms with van der Waals surface area (Å²) in [5.41, 5.74) is 1.21. The Morgan fingerprint density at radius 1 is 1.48 bits per heavy atom. The van der Waals surface area contributed by atoms with Gasteiger partial charge in [0.25, 0.3) is 0 Å². The van der Waals surface area contributed by atoms with Crippen LogP contribution in [0, 0.1) is 0 Å². The second-order valence-corrected chi connectivity index (χ2v) is 5.29. The van der Waals surface area contributed by atoms with Gasteiger partial charge in [0.05, 0.1) is 18.8 Å². The van der Waals surface area contributed by atoms with Gasteiger partial charge in [-0.05, 0) is 44.5 Å². The van der Waals surface area contributed by atoms with Crippen LogP contribution < -0.4 is 4.74 Å². The van der Waals surface area contributed by atoms with Crippen LogP contribution in [0.2, 0.25) is 0 Å². The Balaban J connectivity index is 2.10. The maximum Gasteiger partial charge on any atom is 0.335 e. The Hall–Kier alpha value is -1.59. The molecule has 0 amide bonds. The van der Waals surface area contributed by atoms with E-state index in [0.717, 1.165) is 43.9 Å². The van der Waals surface area contributed by atoms with Crippen molar-refractivity contribution in [2.45, 2.75) is 32.4 Å². The number of aromatic carboxylic acids is 1. The van der Waals surface area contributed by atoms with Gasteiger partial charge in [-0.3, -0.25) is 4.90 Å². The fourth-order valence-electron chi connectivity index (χ4n) is 2.80. The number of benzene rings is 1. The molecule has 1 aromatic carbocycles. The molecular formula is C16H23NO4. The van der Waals surface area contributed by atoms with Gasteiger partial charge in [-0.25, -0.2) is 4.79 Å². The number of rotatable bonds is 6. The van der Waals surface area contributed by atoms with E-state index in [2.05, 4.69) is 4.90 Å². The smallest absolute Gasteiger partial charge is 0.335 e. The van der Waals surface area contributed by atoms with Crippen LogP contribution in [0.1, 0.15) is 35.7 Å². The van der Waals surface area contributed by atoms with E-state index in [1.165, 1.54) is 0 Å². The number of carbonyl (C=O) groups is 1. The summed E-state index contributed by atoms with van der Waals surface area (Å²) < 4.78 is 11.0. The molecule has 1 unspecified atom stereocenters. The number of nitrogens with zero attached hydrogens (tertiary/aromatic N) is 1. The zero-order valence-corrected chi connectivity index (χ0v) is 12.7. The average molecular weight is 293 g/mol. The molecule has 116 valence electrons. The zero-order valence-electron chi connectivity index (χ0n) is 12.7. The van der Waals surface area contributed by atoms with Gasteiger partial charge in [0.15, 0.2) is 0 Å². The van der Waals surface area contributed by atoms with Gasteiger partial charge < -0.3 is 14.6 Å². The van der Waals surface area contributed by atoms with Crippen LogP contribution in [0.4, 0.5) is 0 Å². The first-order valence-electron chi connectivity index (χ1n) is 7.38. The van der Waals surface area contributed by atoms with Crippen molar-refractivity contribution in [3.05, 3.63) is 29.3 Å². The summed E-state index contributed by atoms with van der Waals surface area (Å²) in [4.78, 5) is 13.4. The highest BCUT2D eigenvalue weighted by Crippen LogP contribution is 2.24. The number of ether oxygens (including phenoxy) is 2. The highest BCUT2D eigenvalue weighted by atomic mass is 16.5. The lowest BCUT2D eigenvalue weighted by Crippen LogP contribution is -2.39. The Labute approximate surface area is 125 Å². The molecule has 0 radical (unpaired) electrons. The topological polar surface area (TPSA) is 59.0 Å². The SMILES string of the molecule is CCOC1CCCN(Cc2cc(C(=O)O)ccc2OC)C1. The van der Waals surface area contributed by atoms with Crippen molar-refractivity contribution >= 4 is 5.97 Å². The normalized spacial score (nSPS) is 19.4. The molecule has 1 aromatic rings. The van der Waals surface area contributed by atoms with Crippen molar-refractivity contribution < 1.29 is 19.4 Å². The van der Waals surface area contributed by atoms with Gasteiger partial charge in [-0.2, -0.15) is 0 Å². The van der Waals surface area contributed by atoms with Crippen LogP contribution in [0.3, 0.4) is 0 Å². The van der Waals surface area contributed by atoms with Gasteiger partial charge >= 0.3 is 5.97 Å². The Bertz CT molecular complexity index is 487. The van der Waals surface area contributed by atoms with Gasteiger partial charge in [-0.1, -0.05) is 0 Å². The van der Waals surface area contributed by atoms with Crippen molar-refractivity contribution in [1.82, 2.24) is 4.90 Å². The highest BCUT2D eigenvalue weighted by Gasteiger charge is 2.21. The molecule has 1 fully saturated rings. The fraction of sp³-hybridized carbons (Fsp3) is 0.562. The van der Waals surface area contributed by atoms with E-state index in [1.54, 1.807) is 25.3 Å². The van der Waals surface area contributed by atoms with Crippen LogP contribution >= 0.6 is 0 Å². The van der Waals surface area contributed by atoms with Gasteiger partial charge in [0, 0.05) is 25.3 Å². The number of hydrogen-bond acceptors (Lipinski definition) is 4. The molecule has 0 bridgehead atoms. The number of carboxylic acids is 1. The van der Waals surface area contributed by atoms with Crippen LogP contribution in [0.15, 0.2) is 18.2 Å². The van der Waals surface area contributed by atoms with E-state index >= 15 is 0 Å². The fourth-order valence-corrected chi connectivity index (χ4v) is 2.80. The van der Waals surface area contributed by atoms with Crippen molar-refractivity contribution in [1.29, 1.82) is 0 Å². The lowest BCUT2D eigenvalue weighted by atomic mass is 10.1. The summed E-state index contributed by atoms with van der Waals surface area (Å²) in [6.45, 7) is 5.32. The molecule has 1 saturated heterocycles. The molecule has 21 heavy (non-hydrogen) atoms. The van der Waals surface area contributed by atoms with Crippen LogP contribution in [0.5, 0.6) is 5.75 Å². The van der Waals surface area contributed by atoms with E-state index in [1.807, 2.05) is 6.92 Å². The molecule has 5 heteroatoms. The predicted octanol–water partition coefficient (Wildman–Crippen LogP) is 2.39. The summed E-state index contributed by atoms with van der Waals surface area (Å²) in [6.07, 6.45) is 2.47. The summed E-state index contributed by atoms with van der Waals surface area (Å²) in [5, 5.41) is 9.12. The Kier molecular flexibility index (Phi) is 5.59. The van der Waals surface area contributed by atoms with Crippen molar-refractivity contribution in [2.24, 2.45) is 0 Å². The zero-order chi connectivity index (χ0) is 15.2. The Morgan fingerprint density at radius 3 is 2.95 bits per heavy atom. The van der Waals surface area contributed by atoms with Crippen molar-refractivity contribution in [2.75, 3.05) is 26.8 Å². The second-order valence-electron chi connectivity index (χ2n) is 5.29. The van der Waals surface area contributed by atoms with Crippen LogP contribution in [0.25, 0.3) is 0 Å². The summed E-state index contributed by atoms with van der Waals surface area (Å²) >= 11 is 0. The number of methoxy groups -OCH3 is 1. The third-order valence-electron chi connectivity index (χ3n) is 3.79. The molecule has 1 N–H and O–H groups in total. The van der Waals surface area contributed by atoms with E-state index < -0.39 is 5.97 Å². The molecule has 0 aliphatic carbocycles. The van der Waals surface area contributed by atoms with Gasteiger partial charge in [-0.15, -0.1) is 0 Å². The minimum Gasteiger partial charge on any atom is -0.496 e. The Morgan fingerprint density at radius 2 is 2.29 bits per heavy atom. The maximum absolute atomic E-state index is 11.1. The first kappa shape index (κ1) is 15.8. The second kappa shape index (κ2) is 7.43. The minimum absolute atomic E-state index is 0.275. The number of piperidine rings is 1. The summed E-state index contributed by atoms with van der Waals surface area (Å²) in [5.74, 6) is -0.178. The monoisotopic (exact) mass is 293 g/mol. The standard InChI is InChI=1S/C16H23NO4/c1-3-21-14-5-4-8-17(11-14)10-13-9-12(16(18)19)6-7-15(13)20-2/h6-7,9,14H,3-5,8,10-11H2,1-2H3,(H,18,19). The molecule has 1 heterocycles.